The predicted octanol–water partition coefficient (Wildman–Crippen LogP) is 1.70. The molecular weight excluding hydrogens is 234 g/mol. The molecule has 4 nitrogen and oxygen atoms in total. The van der Waals surface area contributed by atoms with Gasteiger partial charge in [0, 0.05) is 18.5 Å². The molecule has 0 spiro atoms. The average Bonchev–Trinajstić information content (AvgIpc) is 2.29. The Morgan fingerprint density at radius 1 is 1.65 bits per heavy atom. The van der Waals surface area contributed by atoms with E-state index in [1.165, 1.54) is 0 Å². The van der Waals surface area contributed by atoms with Crippen LogP contribution in [0.4, 0.5) is 5.69 Å². The Balaban J connectivity index is 2.12. The zero-order chi connectivity index (χ0) is 12.3. The molecule has 0 aliphatic carbocycles. The Morgan fingerprint density at radius 2 is 2.47 bits per heavy atom. The van der Waals surface area contributed by atoms with E-state index in [0.717, 1.165) is 31.7 Å². The molecule has 1 aromatic heterocycles. The Bertz CT molecular complexity index is 416. The highest BCUT2D eigenvalue weighted by atomic mass is 32.1. The number of hydrogen-bond donors (Lipinski definition) is 2. The topological polar surface area (TPSA) is 60.2 Å². The second-order valence-electron chi connectivity index (χ2n) is 4.64. The van der Waals surface area contributed by atoms with Crippen molar-refractivity contribution in [1.29, 1.82) is 0 Å². The maximum absolute atomic E-state index is 5.57. The van der Waals surface area contributed by atoms with Crippen molar-refractivity contribution in [2.75, 3.05) is 18.5 Å². The molecule has 1 aromatic rings. The summed E-state index contributed by atoms with van der Waals surface area (Å²) in [6.45, 7) is 3.73. The summed E-state index contributed by atoms with van der Waals surface area (Å²) < 4.78 is 5.51. The Labute approximate surface area is 107 Å². The van der Waals surface area contributed by atoms with Crippen molar-refractivity contribution in [3.8, 4) is 0 Å². The molecule has 0 radical (unpaired) electrons. The first-order valence-corrected chi connectivity index (χ1v) is 6.12. The van der Waals surface area contributed by atoms with E-state index >= 15 is 0 Å². The fourth-order valence-electron chi connectivity index (χ4n) is 2.02. The van der Waals surface area contributed by atoms with Gasteiger partial charge in [-0.05, 0) is 31.9 Å². The molecule has 0 amide bonds. The van der Waals surface area contributed by atoms with Crippen molar-refractivity contribution >= 4 is 22.9 Å². The SMILES string of the molecule is CC1(Nc2ccnc(C(N)=S)c2)CCCOC1. The summed E-state index contributed by atoms with van der Waals surface area (Å²) in [6.07, 6.45) is 3.89. The fraction of sp³-hybridized carbons (Fsp3) is 0.500. The first-order chi connectivity index (χ1) is 8.09. The molecule has 1 aliphatic rings. The van der Waals surface area contributed by atoms with Crippen molar-refractivity contribution in [3.63, 3.8) is 0 Å². The second-order valence-corrected chi connectivity index (χ2v) is 5.08. The summed E-state index contributed by atoms with van der Waals surface area (Å²) in [4.78, 5) is 4.44. The molecule has 0 aromatic carbocycles. The molecule has 1 saturated heterocycles. The minimum absolute atomic E-state index is 0.0207. The number of anilines is 1. The van der Waals surface area contributed by atoms with Gasteiger partial charge in [0.1, 0.15) is 4.99 Å². The van der Waals surface area contributed by atoms with Crippen LogP contribution in [-0.4, -0.2) is 28.7 Å². The van der Waals surface area contributed by atoms with E-state index in [1.807, 2.05) is 12.1 Å². The molecule has 2 rings (SSSR count). The molecule has 1 fully saturated rings. The van der Waals surface area contributed by atoms with Gasteiger partial charge >= 0.3 is 0 Å². The van der Waals surface area contributed by atoms with Crippen molar-refractivity contribution in [3.05, 3.63) is 24.0 Å². The average molecular weight is 251 g/mol. The summed E-state index contributed by atoms with van der Waals surface area (Å²) in [5.74, 6) is 0. The molecule has 1 unspecified atom stereocenters. The Morgan fingerprint density at radius 3 is 3.12 bits per heavy atom. The molecule has 2 heterocycles. The van der Waals surface area contributed by atoms with Crippen LogP contribution >= 0.6 is 12.2 Å². The Hall–Kier alpha value is -1.20. The number of rotatable bonds is 3. The molecule has 1 aliphatic heterocycles. The van der Waals surface area contributed by atoms with E-state index in [-0.39, 0.29) is 5.54 Å². The van der Waals surface area contributed by atoms with E-state index in [4.69, 9.17) is 22.7 Å². The zero-order valence-electron chi connectivity index (χ0n) is 9.90. The van der Waals surface area contributed by atoms with E-state index in [9.17, 15) is 0 Å². The predicted molar refractivity (Wildman–Crippen MR) is 72.2 cm³/mol. The number of pyridine rings is 1. The fourth-order valence-corrected chi connectivity index (χ4v) is 2.14. The van der Waals surface area contributed by atoms with Gasteiger partial charge in [0.05, 0.1) is 17.8 Å². The van der Waals surface area contributed by atoms with E-state index < -0.39 is 0 Å². The summed E-state index contributed by atoms with van der Waals surface area (Å²) in [6, 6.07) is 3.80. The van der Waals surface area contributed by atoms with E-state index in [0.29, 0.717) is 10.7 Å². The summed E-state index contributed by atoms with van der Waals surface area (Å²) >= 11 is 4.92. The highest BCUT2D eigenvalue weighted by molar-refractivity contribution is 7.80. The number of hydrogen-bond acceptors (Lipinski definition) is 4. The van der Waals surface area contributed by atoms with Crippen LogP contribution in [0.5, 0.6) is 0 Å². The molecule has 1 atom stereocenters. The van der Waals surface area contributed by atoms with Gasteiger partial charge in [-0.1, -0.05) is 12.2 Å². The summed E-state index contributed by atoms with van der Waals surface area (Å²) in [7, 11) is 0. The monoisotopic (exact) mass is 251 g/mol. The van der Waals surface area contributed by atoms with Crippen LogP contribution in [-0.2, 0) is 4.74 Å². The second kappa shape index (κ2) is 4.98. The van der Waals surface area contributed by atoms with Crippen LogP contribution in [0.15, 0.2) is 18.3 Å². The zero-order valence-corrected chi connectivity index (χ0v) is 10.7. The lowest BCUT2D eigenvalue weighted by molar-refractivity contribution is 0.0540. The quantitative estimate of drug-likeness (QED) is 0.801. The lowest BCUT2D eigenvalue weighted by Crippen LogP contribution is -2.43. The first-order valence-electron chi connectivity index (χ1n) is 5.71. The third kappa shape index (κ3) is 3.14. The lowest BCUT2D eigenvalue weighted by atomic mass is 9.94. The van der Waals surface area contributed by atoms with Crippen LogP contribution in [0.3, 0.4) is 0 Å². The van der Waals surface area contributed by atoms with Crippen molar-refractivity contribution in [2.24, 2.45) is 5.73 Å². The highest BCUT2D eigenvalue weighted by Crippen LogP contribution is 2.24. The lowest BCUT2D eigenvalue weighted by Gasteiger charge is -2.35. The van der Waals surface area contributed by atoms with Gasteiger partial charge in [0.2, 0.25) is 0 Å². The van der Waals surface area contributed by atoms with Crippen LogP contribution in [0.1, 0.15) is 25.5 Å². The maximum atomic E-state index is 5.57. The van der Waals surface area contributed by atoms with E-state index in [1.54, 1.807) is 6.20 Å². The van der Waals surface area contributed by atoms with Crippen LogP contribution in [0.2, 0.25) is 0 Å². The molecule has 3 N–H and O–H groups in total. The number of thiocarbonyl (C=S) groups is 1. The van der Waals surface area contributed by atoms with Crippen LogP contribution < -0.4 is 11.1 Å². The normalized spacial score (nSPS) is 24.3. The summed E-state index contributed by atoms with van der Waals surface area (Å²) in [5.41, 5.74) is 7.17. The summed E-state index contributed by atoms with van der Waals surface area (Å²) in [5, 5.41) is 3.47. The molecular formula is C12H17N3OS. The van der Waals surface area contributed by atoms with Gasteiger partial charge in [-0.3, -0.25) is 4.98 Å². The van der Waals surface area contributed by atoms with Crippen LogP contribution in [0.25, 0.3) is 0 Å². The third-order valence-corrected chi connectivity index (χ3v) is 3.11. The standard InChI is InChI=1S/C12H17N3OS/c1-12(4-2-6-16-8-12)15-9-3-5-14-10(7-9)11(13)17/h3,5,7H,2,4,6,8H2,1H3,(H2,13,17)(H,14,15). The minimum atomic E-state index is -0.0207. The largest absolute Gasteiger partial charge is 0.388 e. The number of nitrogens with one attached hydrogen (secondary N) is 1. The number of ether oxygens (including phenoxy) is 1. The van der Waals surface area contributed by atoms with E-state index in [2.05, 4.69) is 17.2 Å². The van der Waals surface area contributed by atoms with Crippen molar-refractivity contribution in [2.45, 2.75) is 25.3 Å². The highest BCUT2D eigenvalue weighted by Gasteiger charge is 2.27. The first kappa shape index (κ1) is 12.3. The maximum Gasteiger partial charge on any atom is 0.122 e. The minimum Gasteiger partial charge on any atom is -0.388 e. The van der Waals surface area contributed by atoms with Crippen LogP contribution in [0, 0.1) is 0 Å². The molecule has 0 saturated carbocycles. The number of nitrogens with zero attached hydrogens (tertiary/aromatic N) is 1. The Kier molecular flexibility index (Phi) is 3.59. The number of nitrogens with two attached hydrogens (primary N) is 1. The number of aromatic nitrogens is 1. The molecule has 92 valence electrons. The molecule has 0 bridgehead atoms. The van der Waals surface area contributed by atoms with Crippen molar-refractivity contribution < 1.29 is 4.74 Å². The van der Waals surface area contributed by atoms with Gasteiger partial charge in [0.15, 0.2) is 0 Å². The third-order valence-electron chi connectivity index (χ3n) is 2.90. The van der Waals surface area contributed by atoms with Gasteiger partial charge < -0.3 is 15.8 Å². The molecule has 5 heteroatoms. The smallest absolute Gasteiger partial charge is 0.122 e. The molecule has 17 heavy (non-hydrogen) atoms. The van der Waals surface area contributed by atoms with Crippen molar-refractivity contribution in [1.82, 2.24) is 4.98 Å². The van der Waals surface area contributed by atoms with Gasteiger partial charge in [-0.15, -0.1) is 0 Å². The van der Waals surface area contributed by atoms with Gasteiger partial charge in [-0.2, -0.15) is 0 Å². The van der Waals surface area contributed by atoms with Gasteiger partial charge in [0.25, 0.3) is 0 Å². The van der Waals surface area contributed by atoms with Gasteiger partial charge in [-0.25, -0.2) is 0 Å².